The molecule has 0 aliphatic carbocycles. The summed E-state index contributed by atoms with van der Waals surface area (Å²) >= 11 is 0. The molecule has 4 atom stereocenters. The molecule has 0 saturated carbocycles. The van der Waals surface area contributed by atoms with Crippen molar-refractivity contribution < 1.29 is 31.4 Å². The minimum atomic E-state index is -2.18. The molecular formula is C24H60O7Si6. The van der Waals surface area contributed by atoms with Gasteiger partial charge in [-0.05, 0) is 118 Å². The van der Waals surface area contributed by atoms with Gasteiger partial charge in [0.1, 0.15) is 12.2 Å². The molecule has 0 rings (SSSR count). The van der Waals surface area contributed by atoms with Gasteiger partial charge in [-0.15, -0.1) is 0 Å². The van der Waals surface area contributed by atoms with Crippen LogP contribution in [0.25, 0.3) is 0 Å². The quantitative estimate of drug-likeness (QED) is 0.169. The Hall–Kier alpha value is 0.571. The average Bonchev–Trinajstić information content (AvgIpc) is 2.54. The van der Waals surface area contributed by atoms with Crippen LogP contribution < -0.4 is 0 Å². The lowest BCUT2D eigenvalue weighted by atomic mass is 10.0. The third-order valence-corrected chi connectivity index (χ3v) is 10.0. The maximum atomic E-state index is 13.8. The zero-order chi connectivity index (χ0) is 29.8. The normalized spacial score (nSPS) is 17.8. The molecule has 0 amide bonds. The molecule has 0 heterocycles. The lowest BCUT2D eigenvalue weighted by Gasteiger charge is -2.45. The van der Waals surface area contributed by atoms with E-state index in [9.17, 15) is 4.79 Å². The van der Waals surface area contributed by atoms with E-state index in [0.29, 0.717) is 6.61 Å². The van der Waals surface area contributed by atoms with Gasteiger partial charge in [0, 0.05) is 0 Å². The Morgan fingerprint density at radius 1 is 0.486 bits per heavy atom. The van der Waals surface area contributed by atoms with Crippen LogP contribution in [0.4, 0.5) is 0 Å². The zero-order valence-corrected chi connectivity index (χ0v) is 33.4. The number of rotatable bonds is 16. The Morgan fingerprint density at radius 2 is 0.865 bits per heavy atom. The lowest BCUT2D eigenvalue weighted by molar-refractivity contribution is -0.155. The summed E-state index contributed by atoms with van der Waals surface area (Å²) in [5, 5.41) is 0. The minimum Gasteiger partial charge on any atom is -0.518 e. The van der Waals surface area contributed by atoms with Crippen LogP contribution in [0.1, 0.15) is 0 Å². The summed E-state index contributed by atoms with van der Waals surface area (Å²) in [4.78, 5) is 13.8. The van der Waals surface area contributed by atoms with Crippen molar-refractivity contribution in [1.29, 1.82) is 0 Å². The minimum absolute atomic E-state index is 0.355. The van der Waals surface area contributed by atoms with Crippen LogP contribution >= 0.6 is 0 Å². The Kier molecular flexibility index (Phi) is 13.7. The predicted octanol–water partition coefficient (Wildman–Crippen LogP) is 7.10. The first kappa shape index (κ1) is 37.6. The van der Waals surface area contributed by atoms with Crippen molar-refractivity contribution in [2.75, 3.05) is 6.61 Å². The van der Waals surface area contributed by atoms with Crippen LogP contribution in [-0.4, -0.2) is 86.9 Å². The Balaban J connectivity index is 7.03. The Morgan fingerprint density at radius 3 is 1.19 bits per heavy atom. The molecule has 222 valence electrons. The van der Waals surface area contributed by atoms with E-state index in [1.807, 2.05) is 19.6 Å². The summed E-state index contributed by atoms with van der Waals surface area (Å²) in [6, 6.07) is 0. The SMILES string of the molecule is C[Si](C)(C)OC[C@H](O[Si](C)(C)C)[C@H](O[Si](C)(C)C)[C@@H](O[Si](C)(C)C)[C@H](O[Si](C)(C)C)C(=O)O[Si](C)(C)C. The third-order valence-electron chi connectivity index (χ3n) is 4.27. The highest BCUT2D eigenvalue weighted by Gasteiger charge is 2.48. The fourth-order valence-corrected chi connectivity index (χ4v) is 9.11. The third kappa shape index (κ3) is 19.3. The first-order valence-corrected chi connectivity index (χ1v) is 34.0. The molecule has 0 N–H and O–H groups in total. The van der Waals surface area contributed by atoms with E-state index < -0.39 is 68.2 Å². The molecule has 0 fully saturated rings. The topological polar surface area (TPSA) is 72.5 Å². The van der Waals surface area contributed by atoms with Gasteiger partial charge in [-0.1, -0.05) is 0 Å². The van der Waals surface area contributed by atoms with E-state index in [1.54, 1.807) is 0 Å². The number of hydrogen-bond donors (Lipinski definition) is 0. The zero-order valence-electron chi connectivity index (χ0n) is 27.4. The van der Waals surface area contributed by atoms with E-state index in [0.717, 1.165) is 0 Å². The van der Waals surface area contributed by atoms with E-state index in [2.05, 4.69) is 98.2 Å². The van der Waals surface area contributed by atoms with Crippen LogP contribution in [-0.2, 0) is 31.4 Å². The number of carbonyl (C=O) groups excluding carboxylic acids is 1. The summed E-state index contributed by atoms with van der Waals surface area (Å²) in [6.45, 7) is 38.6. The molecule has 0 aromatic carbocycles. The molecule has 0 aliphatic heterocycles. The highest BCUT2D eigenvalue weighted by molar-refractivity contribution is 6.72. The molecule has 0 aliphatic rings. The van der Waals surface area contributed by atoms with Crippen molar-refractivity contribution in [1.82, 2.24) is 0 Å². The smallest absolute Gasteiger partial charge is 0.323 e. The van der Waals surface area contributed by atoms with Crippen molar-refractivity contribution in [3.63, 3.8) is 0 Å². The second-order valence-corrected chi connectivity index (χ2v) is 42.6. The molecule has 0 aromatic heterocycles. The lowest BCUT2D eigenvalue weighted by Crippen LogP contribution is -2.61. The molecule has 37 heavy (non-hydrogen) atoms. The summed E-state index contributed by atoms with van der Waals surface area (Å²) in [5.74, 6) is -0.355. The highest BCUT2D eigenvalue weighted by Crippen LogP contribution is 2.29. The molecule has 0 spiro atoms. The van der Waals surface area contributed by atoms with Crippen LogP contribution in [0.5, 0.6) is 0 Å². The van der Waals surface area contributed by atoms with Crippen molar-refractivity contribution in [3.8, 4) is 0 Å². The summed E-state index contributed by atoms with van der Waals surface area (Å²) in [7, 11) is -12.5. The maximum Gasteiger partial charge on any atom is 0.323 e. The largest absolute Gasteiger partial charge is 0.518 e. The van der Waals surface area contributed by atoms with E-state index >= 15 is 0 Å². The van der Waals surface area contributed by atoms with Gasteiger partial charge in [0.05, 0.1) is 12.7 Å². The standard InChI is InChI=1S/C24H60O7Si6/c1-32(2,3)26-19-20(27-33(4,5)6)21(28-34(7,8)9)22(29-35(10,11)12)23(30-36(13,14)15)24(25)31-37(16,17)18/h20-23H,19H2,1-18H3/t20-,21-,22+,23-/m0/s1. The van der Waals surface area contributed by atoms with E-state index in [1.165, 1.54) is 0 Å². The van der Waals surface area contributed by atoms with Crippen molar-refractivity contribution in [2.24, 2.45) is 0 Å². The molecule has 0 saturated heterocycles. The first-order chi connectivity index (χ1) is 16.0. The van der Waals surface area contributed by atoms with Crippen LogP contribution in [0, 0.1) is 0 Å². The molecule has 0 radical (unpaired) electrons. The molecule has 0 bridgehead atoms. The van der Waals surface area contributed by atoms with Gasteiger partial charge in [-0.25, -0.2) is 0 Å². The monoisotopic (exact) mass is 628 g/mol. The van der Waals surface area contributed by atoms with Gasteiger partial charge >= 0.3 is 5.97 Å². The Bertz CT molecular complexity index is 710. The molecular weight excluding hydrogens is 569 g/mol. The fourth-order valence-electron chi connectivity index (χ4n) is 3.44. The summed E-state index contributed by atoms with van der Waals surface area (Å²) in [6.07, 6.45) is -2.48. The second kappa shape index (κ2) is 13.5. The van der Waals surface area contributed by atoms with Crippen LogP contribution in [0.3, 0.4) is 0 Å². The van der Waals surface area contributed by atoms with Gasteiger partial charge in [-0.2, -0.15) is 0 Å². The van der Waals surface area contributed by atoms with Gasteiger partial charge in [0.2, 0.25) is 8.32 Å². The van der Waals surface area contributed by atoms with Gasteiger partial charge in [-0.3, -0.25) is 4.79 Å². The predicted molar refractivity (Wildman–Crippen MR) is 172 cm³/mol. The molecule has 7 nitrogen and oxygen atoms in total. The maximum absolute atomic E-state index is 13.8. The molecule has 13 heteroatoms. The van der Waals surface area contributed by atoms with Crippen LogP contribution in [0.15, 0.2) is 0 Å². The van der Waals surface area contributed by atoms with E-state index in [4.69, 9.17) is 26.6 Å². The van der Waals surface area contributed by atoms with Gasteiger partial charge in [0.15, 0.2) is 47.7 Å². The van der Waals surface area contributed by atoms with Crippen molar-refractivity contribution >= 4 is 55.9 Å². The first-order valence-electron chi connectivity index (χ1n) is 13.6. The Labute approximate surface area is 235 Å². The second-order valence-electron chi connectivity index (χ2n) is 15.8. The van der Waals surface area contributed by atoms with Crippen molar-refractivity contribution in [2.45, 2.75) is 142 Å². The summed E-state index contributed by atoms with van der Waals surface area (Å²) < 4.78 is 39.6. The van der Waals surface area contributed by atoms with Gasteiger partial charge in [0.25, 0.3) is 0 Å². The van der Waals surface area contributed by atoms with Gasteiger partial charge < -0.3 is 26.6 Å². The van der Waals surface area contributed by atoms with E-state index in [-0.39, 0.29) is 12.1 Å². The highest BCUT2D eigenvalue weighted by atomic mass is 28.4. The number of hydrogen-bond acceptors (Lipinski definition) is 7. The fraction of sp³-hybridized carbons (Fsp3) is 0.958. The average molecular weight is 629 g/mol. The molecule has 0 aromatic rings. The van der Waals surface area contributed by atoms with Crippen LogP contribution in [0.2, 0.25) is 118 Å². The molecule has 0 unspecified atom stereocenters. The number of carbonyl (C=O) groups is 1. The summed E-state index contributed by atoms with van der Waals surface area (Å²) in [5.41, 5.74) is 0. The van der Waals surface area contributed by atoms with Crippen molar-refractivity contribution in [3.05, 3.63) is 0 Å².